The van der Waals surface area contributed by atoms with E-state index in [1.165, 1.54) is 17.3 Å². The Morgan fingerprint density at radius 1 is 1.56 bits per heavy atom. The minimum Gasteiger partial charge on any atom is -0.395 e. The van der Waals surface area contributed by atoms with Gasteiger partial charge in [0.2, 0.25) is 0 Å². The van der Waals surface area contributed by atoms with Crippen molar-refractivity contribution < 1.29 is 9.90 Å². The van der Waals surface area contributed by atoms with Gasteiger partial charge in [0, 0.05) is 13.1 Å². The Morgan fingerprint density at radius 3 is 2.75 bits per heavy atom. The van der Waals surface area contributed by atoms with Gasteiger partial charge in [-0.05, 0) is 6.92 Å². The Kier molecular flexibility index (Phi) is 4.62. The summed E-state index contributed by atoms with van der Waals surface area (Å²) < 4.78 is 0. The molecule has 1 aromatic heterocycles. The van der Waals surface area contributed by atoms with Crippen LogP contribution >= 0.6 is 0 Å². The van der Waals surface area contributed by atoms with Crippen molar-refractivity contribution in [1.29, 1.82) is 0 Å². The van der Waals surface area contributed by atoms with Crippen LogP contribution in [0.4, 0.5) is 5.82 Å². The second-order valence-corrected chi connectivity index (χ2v) is 3.04. The number of amides is 1. The zero-order chi connectivity index (χ0) is 12.0. The maximum Gasteiger partial charge on any atom is 0.274 e. The van der Waals surface area contributed by atoms with Gasteiger partial charge in [0.15, 0.2) is 5.82 Å². The molecule has 16 heavy (non-hydrogen) atoms. The monoisotopic (exact) mass is 225 g/mol. The summed E-state index contributed by atoms with van der Waals surface area (Å²) in [5.41, 5.74) is 2.55. The Morgan fingerprint density at radius 2 is 2.31 bits per heavy atom. The first-order valence-electron chi connectivity index (χ1n) is 4.91. The molecule has 0 aliphatic rings. The normalized spacial score (nSPS) is 9.94. The van der Waals surface area contributed by atoms with Crippen LogP contribution < -0.4 is 11.3 Å². The molecule has 0 aliphatic carbocycles. The van der Waals surface area contributed by atoms with Crippen LogP contribution in [-0.4, -0.2) is 45.6 Å². The molecule has 7 nitrogen and oxygen atoms in total. The zero-order valence-electron chi connectivity index (χ0n) is 9.05. The van der Waals surface area contributed by atoms with Crippen LogP contribution in [0, 0.1) is 0 Å². The molecule has 0 aliphatic heterocycles. The van der Waals surface area contributed by atoms with E-state index in [4.69, 9.17) is 10.9 Å². The van der Waals surface area contributed by atoms with Crippen molar-refractivity contribution in [1.82, 2.24) is 14.9 Å². The number of anilines is 1. The van der Waals surface area contributed by atoms with Gasteiger partial charge in [-0.25, -0.2) is 15.8 Å². The van der Waals surface area contributed by atoms with E-state index < -0.39 is 0 Å². The molecule has 1 aromatic rings. The summed E-state index contributed by atoms with van der Waals surface area (Å²) in [7, 11) is 0. The van der Waals surface area contributed by atoms with Crippen molar-refractivity contribution in [3.05, 3.63) is 18.1 Å². The number of nitrogens with two attached hydrogens (primary N) is 1. The van der Waals surface area contributed by atoms with Gasteiger partial charge in [-0.2, -0.15) is 0 Å². The third-order valence-corrected chi connectivity index (χ3v) is 2.06. The molecule has 0 saturated carbocycles. The van der Waals surface area contributed by atoms with E-state index >= 15 is 0 Å². The molecule has 0 unspecified atom stereocenters. The molecule has 1 rings (SSSR count). The second kappa shape index (κ2) is 5.99. The van der Waals surface area contributed by atoms with Gasteiger partial charge >= 0.3 is 0 Å². The Labute approximate surface area is 93.3 Å². The summed E-state index contributed by atoms with van der Waals surface area (Å²) in [4.78, 5) is 21.1. The highest BCUT2D eigenvalue weighted by molar-refractivity contribution is 5.92. The van der Waals surface area contributed by atoms with Crippen LogP contribution in [0.3, 0.4) is 0 Å². The Bertz CT molecular complexity index is 340. The summed E-state index contributed by atoms with van der Waals surface area (Å²) in [6, 6.07) is 0. The quantitative estimate of drug-likeness (QED) is 0.448. The predicted octanol–water partition coefficient (Wildman–Crippen LogP) is -0.783. The molecule has 1 amide bonds. The third-order valence-electron chi connectivity index (χ3n) is 2.06. The summed E-state index contributed by atoms with van der Waals surface area (Å²) >= 11 is 0. The molecule has 7 heteroatoms. The van der Waals surface area contributed by atoms with Gasteiger partial charge in [-0.1, -0.05) is 0 Å². The van der Waals surface area contributed by atoms with E-state index in [1.54, 1.807) is 0 Å². The first-order valence-corrected chi connectivity index (χ1v) is 4.91. The second-order valence-electron chi connectivity index (χ2n) is 3.04. The fourth-order valence-corrected chi connectivity index (χ4v) is 1.20. The minimum absolute atomic E-state index is 0.0740. The standard InChI is InChI=1S/C9H15N5O2/c1-2-14(3-4-15)9(16)7-5-12-8(13-10)6-11-7/h5-6,15H,2-4,10H2,1H3,(H,12,13). The molecule has 0 bridgehead atoms. The van der Waals surface area contributed by atoms with Crippen LogP contribution in [0.2, 0.25) is 0 Å². The first kappa shape index (κ1) is 12.3. The third kappa shape index (κ3) is 2.88. The van der Waals surface area contributed by atoms with Crippen LogP contribution in [0.1, 0.15) is 17.4 Å². The number of hydrazine groups is 1. The average molecular weight is 225 g/mol. The van der Waals surface area contributed by atoms with Crippen molar-refractivity contribution >= 4 is 11.7 Å². The largest absolute Gasteiger partial charge is 0.395 e. The van der Waals surface area contributed by atoms with E-state index in [2.05, 4.69) is 15.4 Å². The van der Waals surface area contributed by atoms with E-state index in [9.17, 15) is 4.79 Å². The molecule has 0 radical (unpaired) electrons. The van der Waals surface area contributed by atoms with Gasteiger partial charge in [0.1, 0.15) is 5.69 Å². The lowest BCUT2D eigenvalue weighted by Crippen LogP contribution is -2.34. The molecule has 0 aromatic carbocycles. The molecule has 1 heterocycles. The Hall–Kier alpha value is -1.73. The smallest absolute Gasteiger partial charge is 0.274 e. The van der Waals surface area contributed by atoms with Crippen LogP contribution in [-0.2, 0) is 0 Å². The lowest BCUT2D eigenvalue weighted by Gasteiger charge is -2.18. The van der Waals surface area contributed by atoms with Crippen molar-refractivity contribution in [2.75, 3.05) is 25.1 Å². The fourth-order valence-electron chi connectivity index (χ4n) is 1.20. The number of aliphatic hydroxyl groups excluding tert-OH is 1. The molecule has 0 spiro atoms. The summed E-state index contributed by atoms with van der Waals surface area (Å²) in [5.74, 6) is 5.26. The first-order chi connectivity index (χ1) is 7.72. The van der Waals surface area contributed by atoms with Gasteiger partial charge in [-0.15, -0.1) is 0 Å². The van der Waals surface area contributed by atoms with Crippen LogP contribution in [0.5, 0.6) is 0 Å². The molecular formula is C9H15N5O2. The number of aliphatic hydroxyl groups is 1. The van der Waals surface area contributed by atoms with Crippen molar-refractivity contribution in [2.24, 2.45) is 5.84 Å². The topological polar surface area (TPSA) is 104 Å². The maximum atomic E-state index is 11.8. The molecule has 88 valence electrons. The highest BCUT2D eigenvalue weighted by Crippen LogP contribution is 2.03. The minimum atomic E-state index is -0.257. The number of nitrogens with one attached hydrogen (secondary N) is 1. The molecule has 0 fully saturated rings. The number of likely N-dealkylation sites (N-methyl/N-ethyl adjacent to an activating group) is 1. The number of aromatic nitrogens is 2. The van der Waals surface area contributed by atoms with Crippen molar-refractivity contribution in [3.63, 3.8) is 0 Å². The summed E-state index contributed by atoms with van der Waals surface area (Å²) in [6.45, 7) is 2.55. The molecule has 0 saturated heterocycles. The van der Waals surface area contributed by atoms with Gasteiger partial charge in [0.05, 0.1) is 19.0 Å². The Balaban J connectivity index is 2.78. The van der Waals surface area contributed by atoms with E-state index in [-0.39, 0.29) is 24.8 Å². The number of rotatable bonds is 5. The van der Waals surface area contributed by atoms with Crippen molar-refractivity contribution in [2.45, 2.75) is 6.92 Å². The van der Waals surface area contributed by atoms with Crippen LogP contribution in [0.25, 0.3) is 0 Å². The number of hydrogen-bond donors (Lipinski definition) is 3. The maximum absolute atomic E-state index is 11.8. The predicted molar refractivity (Wildman–Crippen MR) is 58.5 cm³/mol. The molecule has 4 N–H and O–H groups in total. The number of carbonyl (C=O) groups is 1. The lowest BCUT2D eigenvalue weighted by atomic mass is 10.3. The summed E-state index contributed by atoms with van der Waals surface area (Å²) in [5, 5.41) is 8.79. The number of nitrogen functional groups attached to an aromatic ring is 1. The van der Waals surface area contributed by atoms with Crippen LogP contribution in [0.15, 0.2) is 12.4 Å². The van der Waals surface area contributed by atoms with E-state index in [0.29, 0.717) is 12.4 Å². The summed E-state index contributed by atoms with van der Waals surface area (Å²) in [6.07, 6.45) is 2.72. The zero-order valence-corrected chi connectivity index (χ0v) is 9.05. The van der Waals surface area contributed by atoms with Gasteiger partial charge in [-0.3, -0.25) is 4.79 Å². The van der Waals surface area contributed by atoms with Gasteiger partial charge < -0.3 is 15.4 Å². The lowest BCUT2D eigenvalue weighted by molar-refractivity contribution is 0.0725. The molecular weight excluding hydrogens is 210 g/mol. The SMILES string of the molecule is CCN(CCO)C(=O)c1cnc(NN)cn1. The highest BCUT2D eigenvalue weighted by atomic mass is 16.3. The number of hydrogen-bond acceptors (Lipinski definition) is 6. The van der Waals surface area contributed by atoms with E-state index in [1.807, 2.05) is 6.92 Å². The number of carbonyl (C=O) groups excluding carboxylic acids is 1. The van der Waals surface area contributed by atoms with Gasteiger partial charge in [0.25, 0.3) is 5.91 Å². The molecule has 0 atom stereocenters. The van der Waals surface area contributed by atoms with E-state index in [0.717, 1.165) is 0 Å². The highest BCUT2D eigenvalue weighted by Gasteiger charge is 2.15. The number of nitrogens with zero attached hydrogens (tertiary/aromatic N) is 3. The van der Waals surface area contributed by atoms with Crippen molar-refractivity contribution in [3.8, 4) is 0 Å². The average Bonchev–Trinajstić information content (AvgIpc) is 2.35. The fraction of sp³-hybridized carbons (Fsp3) is 0.444.